The van der Waals surface area contributed by atoms with Crippen LogP contribution in [0.15, 0.2) is 0 Å². The number of aromatic amines is 1. The van der Waals surface area contributed by atoms with Gasteiger partial charge in [-0.3, -0.25) is 0 Å². The fraction of sp³-hybridized carbons (Fsp3) is 0.455. The van der Waals surface area contributed by atoms with Crippen LogP contribution >= 0.6 is 12.2 Å². The normalized spacial score (nSPS) is 9.86. The van der Waals surface area contributed by atoms with Crippen LogP contribution in [0, 0.1) is 29.8 Å². The van der Waals surface area contributed by atoms with Crippen LogP contribution in [0.5, 0.6) is 0 Å². The summed E-state index contributed by atoms with van der Waals surface area (Å²) in [6, 6.07) is 2.15. The first-order valence-electron chi connectivity index (χ1n) is 4.74. The number of aryl methyl sites for hydroxylation is 1. The van der Waals surface area contributed by atoms with Crippen LogP contribution in [0.4, 0.5) is 0 Å². The molecule has 0 amide bonds. The van der Waals surface area contributed by atoms with E-state index in [1.165, 1.54) is 5.56 Å². The molecule has 0 atom stereocenters. The second kappa shape index (κ2) is 4.39. The molecule has 2 nitrogen and oxygen atoms in total. The van der Waals surface area contributed by atoms with Gasteiger partial charge >= 0.3 is 0 Å². The van der Waals surface area contributed by atoms with E-state index >= 15 is 0 Å². The van der Waals surface area contributed by atoms with Gasteiger partial charge in [0.15, 0.2) is 0 Å². The largest absolute Gasteiger partial charge is 0.349 e. The molecule has 0 bridgehead atoms. The first kappa shape index (κ1) is 10.9. The minimum absolute atomic E-state index is 0.558. The van der Waals surface area contributed by atoms with Crippen LogP contribution in [0.25, 0.3) is 0 Å². The molecule has 1 rings (SSSR count). The molecule has 0 radical (unpaired) electrons. The zero-order valence-corrected chi connectivity index (χ0v) is 9.59. The van der Waals surface area contributed by atoms with Crippen LogP contribution in [-0.2, 0) is 6.42 Å². The van der Waals surface area contributed by atoms with Crippen molar-refractivity contribution in [2.75, 3.05) is 0 Å². The summed E-state index contributed by atoms with van der Waals surface area (Å²) in [6.45, 7) is 6.11. The van der Waals surface area contributed by atoms with Crippen molar-refractivity contribution in [3.8, 4) is 6.07 Å². The fourth-order valence-electron chi connectivity index (χ4n) is 1.67. The Balaban J connectivity index is 3.46. The van der Waals surface area contributed by atoms with Crippen LogP contribution in [-0.4, -0.2) is 4.98 Å². The van der Waals surface area contributed by atoms with Crippen LogP contribution in [0.2, 0.25) is 0 Å². The van der Waals surface area contributed by atoms with Crippen molar-refractivity contribution < 1.29 is 0 Å². The summed E-state index contributed by atoms with van der Waals surface area (Å²) >= 11 is 5.09. The number of nitriles is 1. The van der Waals surface area contributed by atoms with E-state index in [4.69, 9.17) is 17.5 Å². The Bertz CT molecular complexity index is 438. The molecule has 1 N–H and O–H groups in total. The third kappa shape index (κ3) is 1.85. The molecule has 0 fully saturated rings. The number of hydrogen-bond acceptors (Lipinski definition) is 2. The molecule has 0 unspecified atom stereocenters. The maximum Gasteiger partial charge on any atom is 0.121 e. The molecule has 1 heterocycles. The van der Waals surface area contributed by atoms with Gasteiger partial charge in [0.1, 0.15) is 10.7 Å². The summed E-state index contributed by atoms with van der Waals surface area (Å²) in [5.41, 5.74) is 3.98. The van der Waals surface area contributed by atoms with Gasteiger partial charge in [0.05, 0.1) is 5.56 Å². The standard InChI is InChI=1S/C11H14N2S/c1-4-5-9-7(2)10(6-12)11(14)13-8(9)3/h4-5H2,1-3H3,(H,13,14). The third-order valence-electron chi connectivity index (χ3n) is 2.42. The second-order valence-corrected chi connectivity index (χ2v) is 3.83. The summed E-state index contributed by atoms with van der Waals surface area (Å²) in [6.07, 6.45) is 2.08. The van der Waals surface area contributed by atoms with Crippen molar-refractivity contribution in [2.24, 2.45) is 0 Å². The highest BCUT2D eigenvalue weighted by Gasteiger charge is 2.08. The van der Waals surface area contributed by atoms with E-state index in [-0.39, 0.29) is 0 Å². The fourth-order valence-corrected chi connectivity index (χ4v) is 2.02. The minimum atomic E-state index is 0.558. The quantitative estimate of drug-likeness (QED) is 0.755. The van der Waals surface area contributed by atoms with Gasteiger partial charge in [-0.15, -0.1) is 0 Å². The van der Waals surface area contributed by atoms with E-state index in [0.717, 1.165) is 24.1 Å². The number of nitrogens with zero attached hydrogens (tertiary/aromatic N) is 1. The first-order chi connectivity index (χ1) is 6.61. The molecule has 0 aliphatic rings. The number of H-pyrrole nitrogens is 1. The molecule has 0 saturated carbocycles. The molecule has 1 aromatic heterocycles. The molecule has 14 heavy (non-hydrogen) atoms. The Kier molecular flexibility index (Phi) is 3.43. The smallest absolute Gasteiger partial charge is 0.121 e. The molecule has 74 valence electrons. The van der Waals surface area contributed by atoms with E-state index in [2.05, 4.69) is 18.0 Å². The van der Waals surface area contributed by atoms with E-state index < -0.39 is 0 Å². The molecule has 0 aromatic carbocycles. The number of nitrogens with one attached hydrogen (secondary N) is 1. The van der Waals surface area contributed by atoms with Crippen LogP contribution < -0.4 is 0 Å². The summed E-state index contributed by atoms with van der Waals surface area (Å²) < 4.78 is 0.558. The molecule has 0 saturated heterocycles. The van der Waals surface area contributed by atoms with Gasteiger partial charge in [0.2, 0.25) is 0 Å². The minimum Gasteiger partial charge on any atom is -0.349 e. The number of aromatic nitrogens is 1. The van der Waals surface area contributed by atoms with Crippen molar-refractivity contribution in [1.82, 2.24) is 4.98 Å². The van der Waals surface area contributed by atoms with Gasteiger partial charge in [0, 0.05) is 5.69 Å². The van der Waals surface area contributed by atoms with Gasteiger partial charge in [-0.2, -0.15) is 5.26 Å². The first-order valence-corrected chi connectivity index (χ1v) is 5.15. The van der Waals surface area contributed by atoms with Crippen molar-refractivity contribution in [3.05, 3.63) is 27.0 Å². The maximum absolute atomic E-state index is 8.95. The lowest BCUT2D eigenvalue weighted by atomic mass is 10.00. The predicted octanol–water partition coefficient (Wildman–Crippen LogP) is 3.19. The zero-order chi connectivity index (χ0) is 10.7. The molecular formula is C11H14N2S. The van der Waals surface area contributed by atoms with Gasteiger partial charge in [-0.05, 0) is 31.4 Å². The predicted molar refractivity (Wildman–Crippen MR) is 59.8 cm³/mol. The van der Waals surface area contributed by atoms with Gasteiger partial charge in [-0.25, -0.2) is 0 Å². The van der Waals surface area contributed by atoms with E-state index in [1.807, 2.05) is 13.8 Å². The van der Waals surface area contributed by atoms with Crippen molar-refractivity contribution in [1.29, 1.82) is 5.26 Å². The lowest BCUT2D eigenvalue weighted by Crippen LogP contribution is -2.00. The summed E-state index contributed by atoms with van der Waals surface area (Å²) in [4.78, 5) is 3.08. The molecule has 3 heteroatoms. The summed E-state index contributed by atoms with van der Waals surface area (Å²) in [5, 5.41) is 8.95. The average Bonchev–Trinajstić information content (AvgIpc) is 2.12. The lowest BCUT2D eigenvalue weighted by molar-refractivity contribution is 0.884. The average molecular weight is 206 g/mol. The van der Waals surface area contributed by atoms with Gasteiger partial charge in [0.25, 0.3) is 0 Å². The van der Waals surface area contributed by atoms with E-state index in [1.54, 1.807) is 0 Å². The summed E-state index contributed by atoms with van der Waals surface area (Å²) in [7, 11) is 0. The summed E-state index contributed by atoms with van der Waals surface area (Å²) in [5.74, 6) is 0. The Labute approximate surface area is 89.6 Å². The van der Waals surface area contributed by atoms with Gasteiger partial charge < -0.3 is 4.98 Å². The molecule has 1 aromatic rings. The number of pyridine rings is 1. The Hall–Kier alpha value is -1.14. The molecule has 0 aliphatic heterocycles. The molecular weight excluding hydrogens is 192 g/mol. The Morgan fingerprint density at radius 3 is 2.57 bits per heavy atom. The maximum atomic E-state index is 8.95. The van der Waals surface area contributed by atoms with Gasteiger partial charge in [-0.1, -0.05) is 25.6 Å². The Morgan fingerprint density at radius 2 is 2.07 bits per heavy atom. The molecule has 0 spiro atoms. The topological polar surface area (TPSA) is 39.6 Å². The number of hydrogen-bond donors (Lipinski definition) is 1. The lowest BCUT2D eigenvalue weighted by Gasteiger charge is -2.10. The highest BCUT2D eigenvalue weighted by molar-refractivity contribution is 7.71. The zero-order valence-electron chi connectivity index (χ0n) is 8.77. The van der Waals surface area contributed by atoms with Crippen molar-refractivity contribution in [3.63, 3.8) is 0 Å². The van der Waals surface area contributed by atoms with E-state index in [9.17, 15) is 0 Å². The Morgan fingerprint density at radius 1 is 1.43 bits per heavy atom. The van der Waals surface area contributed by atoms with E-state index in [0.29, 0.717) is 10.2 Å². The van der Waals surface area contributed by atoms with Crippen molar-refractivity contribution in [2.45, 2.75) is 33.6 Å². The third-order valence-corrected chi connectivity index (χ3v) is 2.73. The van der Waals surface area contributed by atoms with Crippen molar-refractivity contribution >= 4 is 12.2 Å². The SMILES string of the molecule is CCCc1c(C)[nH]c(=S)c(C#N)c1C. The van der Waals surface area contributed by atoms with Crippen LogP contribution in [0.1, 0.15) is 35.7 Å². The molecule has 0 aliphatic carbocycles. The number of rotatable bonds is 2. The highest BCUT2D eigenvalue weighted by atomic mass is 32.1. The highest BCUT2D eigenvalue weighted by Crippen LogP contribution is 2.18. The van der Waals surface area contributed by atoms with Crippen LogP contribution in [0.3, 0.4) is 0 Å². The second-order valence-electron chi connectivity index (χ2n) is 3.42. The monoisotopic (exact) mass is 206 g/mol.